The average Bonchev–Trinajstić information content (AvgIpc) is 2.68. The summed E-state index contributed by atoms with van der Waals surface area (Å²) < 4.78 is 5.29. The predicted octanol–water partition coefficient (Wildman–Crippen LogP) is 3.49. The van der Waals surface area contributed by atoms with E-state index in [4.69, 9.17) is 4.74 Å². The van der Waals surface area contributed by atoms with E-state index in [1.165, 1.54) is 5.56 Å². The summed E-state index contributed by atoms with van der Waals surface area (Å²) in [6, 6.07) is 14.3. The van der Waals surface area contributed by atoms with Crippen LogP contribution in [0.1, 0.15) is 24.8 Å². The molecule has 25 heavy (non-hydrogen) atoms. The van der Waals surface area contributed by atoms with Gasteiger partial charge in [0.05, 0.1) is 11.9 Å². The van der Waals surface area contributed by atoms with Crippen molar-refractivity contribution in [2.75, 3.05) is 30.4 Å². The normalized spacial score (nSPS) is 14.9. The fraction of sp³-hybridized carbons (Fsp3) is 0.400. The van der Waals surface area contributed by atoms with E-state index in [1.54, 1.807) is 6.20 Å². The lowest BCUT2D eigenvalue weighted by Gasteiger charge is -2.21. The molecule has 5 nitrogen and oxygen atoms in total. The zero-order valence-electron chi connectivity index (χ0n) is 14.4. The second-order valence-corrected chi connectivity index (χ2v) is 6.32. The maximum absolute atomic E-state index is 12.2. The molecule has 0 unspecified atom stereocenters. The fourth-order valence-electron chi connectivity index (χ4n) is 2.93. The van der Waals surface area contributed by atoms with E-state index in [-0.39, 0.29) is 11.8 Å². The summed E-state index contributed by atoms with van der Waals surface area (Å²) in [6.07, 6.45) is 5.39. The number of amides is 1. The third kappa shape index (κ3) is 5.57. The van der Waals surface area contributed by atoms with E-state index < -0.39 is 0 Å². The summed E-state index contributed by atoms with van der Waals surface area (Å²) in [7, 11) is 0. The number of nitrogens with one attached hydrogen (secondary N) is 2. The molecule has 1 saturated heterocycles. The number of pyridine rings is 1. The van der Waals surface area contributed by atoms with Crippen molar-refractivity contribution in [3.8, 4) is 0 Å². The number of hydrogen-bond acceptors (Lipinski definition) is 4. The van der Waals surface area contributed by atoms with Crippen LogP contribution in [0.3, 0.4) is 0 Å². The molecule has 0 aliphatic carbocycles. The minimum absolute atomic E-state index is 0.0459. The van der Waals surface area contributed by atoms with Crippen LogP contribution < -0.4 is 10.6 Å². The molecule has 0 atom stereocenters. The first-order valence-electron chi connectivity index (χ1n) is 8.94. The van der Waals surface area contributed by atoms with Gasteiger partial charge in [0, 0.05) is 25.7 Å². The number of aryl methyl sites for hydroxylation is 1. The van der Waals surface area contributed by atoms with Gasteiger partial charge in [-0.25, -0.2) is 4.98 Å². The molecule has 1 aromatic carbocycles. The number of benzene rings is 1. The second kappa shape index (κ2) is 9.18. The van der Waals surface area contributed by atoms with E-state index in [9.17, 15) is 4.79 Å². The molecule has 1 aromatic heterocycles. The minimum atomic E-state index is 0.0459. The Morgan fingerprint density at radius 2 is 1.92 bits per heavy atom. The summed E-state index contributed by atoms with van der Waals surface area (Å²) in [5.74, 6) is 0.940. The molecule has 0 saturated carbocycles. The second-order valence-electron chi connectivity index (χ2n) is 6.32. The molecule has 2 aromatic rings. The molecule has 132 valence electrons. The number of rotatable bonds is 7. The number of hydrogen-bond donors (Lipinski definition) is 2. The topological polar surface area (TPSA) is 63.2 Å². The Balaban J connectivity index is 1.40. The smallest absolute Gasteiger partial charge is 0.227 e. The third-order valence-electron chi connectivity index (χ3n) is 4.41. The van der Waals surface area contributed by atoms with Crippen molar-refractivity contribution >= 4 is 17.4 Å². The van der Waals surface area contributed by atoms with E-state index in [1.807, 2.05) is 18.2 Å². The van der Waals surface area contributed by atoms with E-state index in [0.29, 0.717) is 13.2 Å². The van der Waals surface area contributed by atoms with Crippen LogP contribution in [0.2, 0.25) is 0 Å². The molecule has 0 bridgehead atoms. The first kappa shape index (κ1) is 17.4. The van der Waals surface area contributed by atoms with Crippen molar-refractivity contribution in [2.45, 2.75) is 25.7 Å². The molecule has 1 aliphatic rings. The Labute approximate surface area is 148 Å². The van der Waals surface area contributed by atoms with Gasteiger partial charge in [0.25, 0.3) is 0 Å². The van der Waals surface area contributed by atoms with Crippen molar-refractivity contribution in [1.29, 1.82) is 0 Å². The van der Waals surface area contributed by atoms with Crippen LogP contribution in [0, 0.1) is 5.92 Å². The van der Waals surface area contributed by atoms with Crippen LogP contribution in [-0.4, -0.2) is 30.6 Å². The van der Waals surface area contributed by atoms with Gasteiger partial charge in [-0.15, -0.1) is 0 Å². The molecule has 0 spiro atoms. The zero-order chi connectivity index (χ0) is 17.3. The number of nitrogens with zero attached hydrogens (tertiary/aromatic N) is 1. The molecule has 1 fully saturated rings. The number of ether oxygens (including phenoxy) is 1. The highest BCUT2D eigenvalue weighted by molar-refractivity contribution is 5.92. The van der Waals surface area contributed by atoms with Gasteiger partial charge in [-0.1, -0.05) is 30.3 Å². The predicted molar refractivity (Wildman–Crippen MR) is 99.7 cm³/mol. The van der Waals surface area contributed by atoms with E-state index in [0.717, 1.165) is 43.7 Å². The highest BCUT2D eigenvalue weighted by atomic mass is 16.5. The van der Waals surface area contributed by atoms with Gasteiger partial charge in [0.15, 0.2) is 0 Å². The first-order valence-corrected chi connectivity index (χ1v) is 8.94. The highest BCUT2D eigenvalue weighted by Gasteiger charge is 2.21. The SMILES string of the molecule is O=C(Nc1ccc(NCCCc2ccccc2)nc1)C1CCOCC1. The Morgan fingerprint density at radius 3 is 2.64 bits per heavy atom. The third-order valence-corrected chi connectivity index (χ3v) is 4.41. The number of anilines is 2. The minimum Gasteiger partial charge on any atom is -0.381 e. The van der Waals surface area contributed by atoms with Gasteiger partial charge in [-0.2, -0.15) is 0 Å². The quantitative estimate of drug-likeness (QED) is 0.758. The summed E-state index contributed by atoms with van der Waals surface area (Å²) in [6.45, 7) is 2.21. The lowest BCUT2D eigenvalue weighted by Crippen LogP contribution is -2.28. The van der Waals surface area contributed by atoms with Crippen molar-refractivity contribution in [1.82, 2.24) is 4.98 Å². The van der Waals surface area contributed by atoms with Crippen molar-refractivity contribution in [3.05, 3.63) is 54.2 Å². The van der Waals surface area contributed by atoms with Gasteiger partial charge in [-0.3, -0.25) is 4.79 Å². The van der Waals surface area contributed by atoms with Crippen LogP contribution in [0.4, 0.5) is 11.5 Å². The van der Waals surface area contributed by atoms with Crippen molar-refractivity contribution in [2.24, 2.45) is 5.92 Å². The summed E-state index contributed by atoms with van der Waals surface area (Å²) in [4.78, 5) is 16.6. The fourth-order valence-corrected chi connectivity index (χ4v) is 2.93. The summed E-state index contributed by atoms with van der Waals surface area (Å²) >= 11 is 0. The van der Waals surface area contributed by atoms with Crippen LogP contribution in [0.5, 0.6) is 0 Å². The Kier molecular flexibility index (Phi) is 6.40. The molecule has 2 heterocycles. The van der Waals surface area contributed by atoms with Crippen LogP contribution in [-0.2, 0) is 16.0 Å². The maximum atomic E-state index is 12.2. The molecule has 3 rings (SSSR count). The van der Waals surface area contributed by atoms with Gasteiger partial charge >= 0.3 is 0 Å². The Bertz CT molecular complexity index is 652. The lowest BCUT2D eigenvalue weighted by atomic mass is 9.99. The van der Waals surface area contributed by atoms with Gasteiger partial charge in [0.1, 0.15) is 5.82 Å². The van der Waals surface area contributed by atoms with Gasteiger partial charge in [0.2, 0.25) is 5.91 Å². The number of carbonyl (C=O) groups excluding carboxylic acids is 1. The van der Waals surface area contributed by atoms with E-state index >= 15 is 0 Å². The average molecular weight is 339 g/mol. The molecular formula is C20H25N3O2. The summed E-state index contributed by atoms with van der Waals surface area (Å²) in [5, 5.41) is 6.26. The molecule has 0 radical (unpaired) electrons. The van der Waals surface area contributed by atoms with Crippen molar-refractivity contribution in [3.63, 3.8) is 0 Å². The summed E-state index contributed by atoms with van der Waals surface area (Å²) in [5.41, 5.74) is 2.09. The monoisotopic (exact) mass is 339 g/mol. The number of carbonyl (C=O) groups is 1. The zero-order valence-corrected chi connectivity index (χ0v) is 14.4. The number of aromatic nitrogens is 1. The highest BCUT2D eigenvalue weighted by Crippen LogP contribution is 2.18. The lowest BCUT2D eigenvalue weighted by molar-refractivity contribution is -0.122. The standard InChI is InChI=1S/C20H25N3O2/c24-20(17-10-13-25-14-11-17)23-18-8-9-19(22-15-18)21-12-4-7-16-5-2-1-3-6-16/h1-3,5-6,8-9,15,17H,4,7,10-14H2,(H,21,22)(H,23,24). The molecule has 2 N–H and O–H groups in total. The van der Waals surface area contributed by atoms with Gasteiger partial charge in [-0.05, 0) is 43.4 Å². The largest absolute Gasteiger partial charge is 0.381 e. The first-order chi connectivity index (χ1) is 12.3. The molecule has 5 heteroatoms. The molecular weight excluding hydrogens is 314 g/mol. The van der Waals surface area contributed by atoms with Crippen molar-refractivity contribution < 1.29 is 9.53 Å². The Hall–Kier alpha value is -2.40. The van der Waals surface area contributed by atoms with Crippen LogP contribution >= 0.6 is 0 Å². The molecule has 1 aliphatic heterocycles. The molecule has 1 amide bonds. The Morgan fingerprint density at radius 1 is 1.12 bits per heavy atom. The van der Waals surface area contributed by atoms with Gasteiger partial charge < -0.3 is 15.4 Å². The van der Waals surface area contributed by atoms with Crippen LogP contribution in [0.15, 0.2) is 48.7 Å². The van der Waals surface area contributed by atoms with E-state index in [2.05, 4.69) is 39.9 Å². The van der Waals surface area contributed by atoms with Crippen LogP contribution in [0.25, 0.3) is 0 Å². The maximum Gasteiger partial charge on any atom is 0.227 e.